The van der Waals surface area contributed by atoms with E-state index < -0.39 is 0 Å². The maximum absolute atomic E-state index is 3.74. The SMILES string of the molecule is CCC(C)(C)P(Cc1cc[cH-]c1C(P)(C1CCCNC1)C1CCCNC1)C(C)(C)CC.[Fe+2].c1cc[cH-]c1. The summed E-state index contributed by atoms with van der Waals surface area (Å²) in [6.45, 7) is 19.6. The summed E-state index contributed by atoms with van der Waals surface area (Å²) in [5, 5.41) is 8.48. The standard InChI is InChI=1S/C27H49N2P2.C5H5.Fe/c1-7-25(3,4)31(26(5,6)8-2)20-21-12-9-15-24(21)27(30,22-13-10-16-28-18-22)23-14-11-17-29-19-23;1-2-4-5-3-1;/h9,12,15,22-23,28-29H,7-8,10-11,13-14,16-20,30H2,1-6H3;1-5H;/q2*-1;+2. The van der Waals surface area contributed by atoms with Gasteiger partial charge in [-0.3, -0.25) is 0 Å². The van der Waals surface area contributed by atoms with E-state index in [4.69, 9.17) is 0 Å². The van der Waals surface area contributed by atoms with E-state index in [2.05, 4.69) is 79.6 Å². The minimum atomic E-state index is -0.137. The van der Waals surface area contributed by atoms with Gasteiger partial charge in [0.05, 0.1) is 0 Å². The largest absolute Gasteiger partial charge is 2.00 e. The average Bonchev–Trinajstić information content (AvgIpc) is 3.63. The molecular weight excluding hydrogens is 530 g/mol. The molecule has 2 fully saturated rings. The summed E-state index contributed by atoms with van der Waals surface area (Å²) >= 11 is 0. The van der Waals surface area contributed by atoms with E-state index in [1.54, 1.807) is 11.1 Å². The van der Waals surface area contributed by atoms with Crippen LogP contribution in [0.1, 0.15) is 91.2 Å². The molecule has 0 amide bonds. The van der Waals surface area contributed by atoms with Gasteiger partial charge in [-0.1, -0.05) is 47.7 Å². The van der Waals surface area contributed by atoms with Gasteiger partial charge >= 0.3 is 17.1 Å². The molecule has 0 radical (unpaired) electrons. The second-order valence-electron chi connectivity index (χ2n) is 12.4. The second kappa shape index (κ2) is 15.1. The number of hydrogen-bond acceptors (Lipinski definition) is 2. The molecule has 2 aliphatic rings. The maximum Gasteiger partial charge on any atom is 2.00 e. The summed E-state index contributed by atoms with van der Waals surface area (Å²) < 4.78 is 0. The van der Waals surface area contributed by atoms with Crippen LogP contribution in [0.2, 0.25) is 0 Å². The maximum atomic E-state index is 3.74. The zero-order valence-electron chi connectivity index (χ0n) is 24.4. The Morgan fingerprint density at radius 1 is 0.892 bits per heavy atom. The van der Waals surface area contributed by atoms with Crippen LogP contribution in [0.3, 0.4) is 0 Å². The predicted molar refractivity (Wildman–Crippen MR) is 166 cm³/mol. The van der Waals surface area contributed by atoms with Crippen molar-refractivity contribution in [3.63, 3.8) is 0 Å². The van der Waals surface area contributed by atoms with Crippen LogP contribution in [-0.2, 0) is 28.4 Å². The molecule has 5 heteroatoms. The molecule has 0 saturated carbocycles. The molecule has 0 bridgehead atoms. The fraction of sp³-hybridized carbons (Fsp3) is 0.688. The van der Waals surface area contributed by atoms with Crippen LogP contribution in [-0.4, -0.2) is 36.5 Å². The molecule has 0 aliphatic carbocycles. The topological polar surface area (TPSA) is 24.1 Å². The number of piperidine rings is 2. The summed E-state index contributed by atoms with van der Waals surface area (Å²) in [5.41, 5.74) is 3.31. The van der Waals surface area contributed by atoms with E-state index in [-0.39, 0.29) is 30.1 Å². The Bertz CT molecular complexity index is 810. The van der Waals surface area contributed by atoms with Crippen molar-refractivity contribution in [3.05, 3.63) is 59.7 Å². The Kier molecular flexibility index (Phi) is 13.6. The molecule has 37 heavy (non-hydrogen) atoms. The van der Waals surface area contributed by atoms with Gasteiger partial charge in [0.15, 0.2) is 0 Å². The van der Waals surface area contributed by atoms with Crippen molar-refractivity contribution in [1.29, 1.82) is 0 Å². The van der Waals surface area contributed by atoms with Crippen molar-refractivity contribution in [3.8, 4) is 0 Å². The molecule has 3 atom stereocenters. The first kappa shape index (κ1) is 33.2. The third-order valence-electron chi connectivity index (χ3n) is 9.39. The van der Waals surface area contributed by atoms with E-state index in [0.29, 0.717) is 22.1 Å². The van der Waals surface area contributed by atoms with Gasteiger partial charge in [0.25, 0.3) is 0 Å². The fourth-order valence-corrected chi connectivity index (χ4v) is 11.2. The van der Waals surface area contributed by atoms with Gasteiger partial charge in [0.1, 0.15) is 0 Å². The Labute approximate surface area is 243 Å². The van der Waals surface area contributed by atoms with E-state index >= 15 is 0 Å². The van der Waals surface area contributed by atoms with Gasteiger partial charge in [-0.25, -0.2) is 18.2 Å². The molecule has 0 aromatic heterocycles. The van der Waals surface area contributed by atoms with Crippen LogP contribution in [0, 0.1) is 11.8 Å². The molecule has 2 aromatic carbocycles. The van der Waals surface area contributed by atoms with Crippen LogP contribution < -0.4 is 10.6 Å². The van der Waals surface area contributed by atoms with Crippen molar-refractivity contribution < 1.29 is 17.1 Å². The third kappa shape index (κ3) is 8.26. The van der Waals surface area contributed by atoms with Crippen LogP contribution in [0.15, 0.2) is 48.5 Å². The molecule has 0 spiro atoms. The molecule has 210 valence electrons. The minimum absolute atomic E-state index is 0. The summed E-state index contributed by atoms with van der Waals surface area (Å²) in [7, 11) is 3.33. The van der Waals surface area contributed by atoms with Gasteiger partial charge in [-0.2, -0.15) is 41.5 Å². The second-order valence-corrected chi connectivity index (χ2v) is 16.9. The Morgan fingerprint density at radius 3 is 1.78 bits per heavy atom. The summed E-state index contributed by atoms with van der Waals surface area (Å²) in [5.74, 6) is 1.42. The molecule has 2 N–H and O–H groups in total. The third-order valence-corrected chi connectivity index (χ3v) is 14.9. The first-order valence-electron chi connectivity index (χ1n) is 14.6. The summed E-state index contributed by atoms with van der Waals surface area (Å²) in [6, 6.07) is 17.3. The van der Waals surface area contributed by atoms with Crippen molar-refractivity contribution >= 4 is 17.2 Å². The minimum Gasteiger partial charge on any atom is -0.316 e. The molecular formula is C32H54FeN2P2. The molecule has 2 aliphatic heterocycles. The molecule has 2 saturated heterocycles. The molecule has 2 aromatic rings. The van der Waals surface area contributed by atoms with Gasteiger partial charge in [-0.15, -0.1) is 17.2 Å². The number of hydrogen-bond donors (Lipinski definition) is 2. The monoisotopic (exact) mass is 584 g/mol. The summed E-state index contributed by atoms with van der Waals surface area (Å²) in [4.78, 5) is 0. The van der Waals surface area contributed by atoms with Gasteiger partial charge < -0.3 is 10.6 Å². The smallest absolute Gasteiger partial charge is 0.316 e. The van der Waals surface area contributed by atoms with Gasteiger partial charge in [-0.05, 0) is 92.0 Å². The van der Waals surface area contributed by atoms with Crippen LogP contribution >= 0.6 is 17.2 Å². The first-order chi connectivity index (χ1) is 17.2. The zero-order valence-corrected chi connectivity index (χ0v) is 27.6. The Morgan fingerprint density at radius 2 is 1.41 bits per heavy atom. The van der Waals surface area contributed by atoms with Crippen molar-refractivity contribution in [2.45, 2.75) is 102 Å². The van der Waals surface area contributed by atoms with Crippen molar-refractivity contribution in [2.75, 3.05) is 26.2 Å². The van der Waals surface area contributed by atoms with E-state index in [1.807, 2.05) is 30.3 Å². The van der Waals surface area contributed by atoms with Crippen LogP contribution in [0.5, 0.6) is 0 Å². The van der Waals surface area contributed by atoms with Gasteiger partial charge in [0, 0.05) is 0 Å². The van der Waals surface area contributed by atoms with Gasteiger partial charge in [0.2, 0.25) is 0 Å². The zero-order chi connectivity index (χ0) is 26.2. The van der Waals surface area contributed by atoms with E-state index in [9.17, 15) is 0 Å². The van der Waals surface area contributed by atoms with Crippen LogP contribution in [0.25, 0.3) is 0 Å². The normalized spacial score (nSPS) is 22.5. The Hall–Kier alpha value is -0.000519. The summed E-state index contributed by atoms with van der Waals surface area (Å²) in [6.07, 6.45) is 9.15. The van der Waals surface area contributed by atoms with E-state index in [0.717, 1.165) is 0 Å². The van der Waals surface area contributed by atoms with E-state index in [1.165, 1.54) is 70.9 Å². The Balaban J connectivity index is 0.000000716. The molecule has 2 heterocycles. The first-order valence-corrected chi connectivity index (χ1v) is 16.7. The molecule has 3 unspecified atom stereocenters. The van der Waals surface area contributed by atoms with Crippen molar-refractivity contribution in [1.82, 2.24) is 10.6 Å². The number of rotatable bonds is 9. The number of nitrogens with one attached hydrogen (secondary N) is 2. The predicted octanol–water partition coefficient (Wildman–Crippen LogP) is 8.24. The fourth-order valence-electron chi connectivity index (χ4n) is 6.43. The average molecular weight is 585 g/mol. The molecule has 2 nitrogen and oxygen atoms in total. The molecule has 4 rings (SSSR count). The van der Waals surface area contributed by atoms with Crippen LogP contribution in [0.4, 0.5) is 0 Å². The quantitative estimate of drug-likeness (QED) is 0.176. The van der Waals surface area contributed by atoms with Crippen molar-refractivity contribution in [2.24, 2.45) is 11.8 Å².